The van der Waals surface area contributed by atoms with Crippen LogP contribution in [0.5, 0.6) is 0 Å². The minimum atomic E-state index is -0.0499. The average Bonchev–Trinajstić information content (AvgIpc) is 2.53. The monoisotopic (exact) mass is 319 g/mol. The molecule has 110 valence electrons. The second-order valence-electron chi connectivity index (χ2n) is 5.18. The van der Waals surface area contributed by atoms with Gasteiger partial charge in [-0.1, -0.05) is 41.9 Å². The molecule has 2 nitrogen and oxygen atoms in total. The maximum Gasteiger partial charge on any atom is 0.0626 e. The number of rotatable bonds is 4. The summed E-state index contributed by atoms with van der Waals surface area (Å²) in [5, 5.41) is 14.1. The molecule has 3 rings (SSSR count). The Bertz CT molecular complexity index is 605. The molecule has 1 aliphatic rings. The highest BCUT2D eigenvalue weighted by molar-refractivity contribution is 7.99. The van der Waals surface area contributed by atoms with Gasteiger partial charge in [0.25, 0.3) is 0 Å². The molecule has 0 saturated heterocycles. The first-order valence-corrected chi connectivity index (χ1v) is 8.48. The number of aliphatic hydroxyl groups is 1. The van der Waals surface area contributed by atoms with Crippen LogP contribution < -0.4 is 5.32 Å². The zero-order valence-corrected chi connectivity index (χ0v) is 13.2. The van der Waals surface area contributed by atoms with Crippen molar-refractivity contribution in [3.05, 3.63) is 64.7 Å². The average molecular weight is 320 g/mol. The maximum absolute atomic E-state index is 9.72. The van der Waals surface area contributed by atoms with E-state index in [0.29, 0.717) is 0 Å². The fourth-order valence-electron chi connectivity index (χ4n) is 2.72. The summed E-state index contributed by atoms with van der Waals surface area (Å²) in [6.07, 6.45) is 1.04. The highest BCUT2D eigenvalue weighted by Gasteiger charge is 2.23. The van der Waals surface area contributed by atoms with E-state index < -0.39 is 0 Å². The first-order valence-electron chi connectivity index (χ1n) is 7.12. The highest BCUT2D eigenvalue weighted by Crippen LogP contribution is 2.38. The van der Waals surface area contributed by atoms with Gasteiger partial charge < -0.3 is 10.4 Å². The van der Waals surface area contributed by atoms with Crippen LogP contribution in [0.4, 0.5) is 0 Å². The summed E-state index contributed by atoms with van der Waals surface area (Å²) in [6.45, 7) is 0.0869. The number of thioether (sulfide) groups is 1. The highest BCUT2D eigenvalue weighted by atomic mass is 35.5. The predicted octanol–water partition coefficient (Wildman–Crippen LogP) is 4.20. The van der Waals surface area contributed by atoms with Gasteiger partial charge >= 0.3 is 0 Å². The van der Waals surface area contributed by atoms with Crippen molar-refractivity contribution in [1.82, 2.24) is 5.32 Å². The Morgan fingerprint density at radius 3 is 2.81 bits per heavy atom. The molecule has 0 fully saturated rings. The van der Waals surface area contributed by atoms with E-state index in [0.717, 1.165) is 22.8 Å². The summed E-state index contributed by atoms with van der Waals surface area (Å²) < 4.78 is 0. The van der Waals surface area contributed by atoms with Crippen molar-refractivity contribution in [1.29, 1.82) is 0 Å². The van der Waals surface area contributed by atoms with Crippen molar-refractivity contribution < 1.29 is 5.11 Å². The second-order valence-corrected chi connectivity index (χ2v) is 6.76. The summed E-state index contributed by atoms with van der Waals surface area (Å²) in [4.78, 5) is 1.29. The lowest BCUT2D eigenvalue weighted by atomic mass is 10.0. The first-order chi connectivity index (χ1) is 10.3. The van der Waals surface area contributed by atoms with Crippen LogP contribution in [-0.4, -0.2) is 17.5 Å². The number of benzene rings is 2. The van der Waals surface area contributed by atoms with Gasteiger partial charge in [0.1, 0.15) is 0 Å². The summed E-state index contributed by atoms with van der Waals surface area (Å²) in [5.41, 5.74) is 2.36. The molecule has 21 heavy (non-hydrogen) atoms. The Morgan fingerprint density at radius 2 is 2.05 bits per heavy atom. The summed E-state index contributed by atoms with van der Waals surface area (Å²) in [7, 11) is 0. The van der Waals surface area contributed by atoms with Gasteiger partial charge in [0.05, 0.1) is 12.6 Å². The number of fused-ring (bicyclic) bond motifs is 1. The van der Waals surface area contributed by atoms with Gasteiger partial charge in [-0.05, 0) is 41.5 Å². The minimum absolute atomic E-state index is 0.0499. The van der Waals surface area contributed by atoms with Crippen LogP contribution in [-0.2, 0) is 0 Å². The summed E-state index contributed by atoms with van der Waals surface area (Å²) in [6, 6.07) is 16.3. The van der Waals surface area contributed by atoms with E-state index >= 15 is 0 Å². The standard InChI is InChI=1S/C17H18ClNOS/c18-13-6-7-17-14(10-13)15(8-9-21-17)19-16(11-20)12-4-2-1-3-5-12/h1-7,10,15-16,19-20H,8-9,11H2/t15?,16-/m1/s1. The van der Waals surface area contributed by atoms with Crippen LogP contribution in [0, 0.1) is 0 Å². The van der Waals surface area contributed by atoms with Crippen LogP contribution in [0.15, 0.2) is 53.4 Å². The van der Waals surface area contributed by atoms with Crippen molar-refractivity contribution >= 4 is 23.4 Å². The molecule has 0 bridgehead atoms. The number of hydrogen-bond acceptors (Lipinski definition) is 3. The van der Waals surface area contributed by atoms with Crippen LogP contribution in [0.2, 0.25) is 5.02 Å². The van der Waals surface area contributed by atoms with E-state index in [1.165, 1.54) is 10.5 Å². The lowest BCUT2D eigenvalue weighted by Crippen LogP contribution is -2.30. The van der Waals surface area contributed by atoms with Crippen molar-refractivity contribution in [3.8, 4) is 0 Å². The fraction of sp³-hybridized carbons (Fsp3) is 0.294. The molecule has 1 unspecified atom stereocenters. The van der Waals surface area contributed by atoms with Crippen LogP contribution >= 0.6 is 23.4 Å². The second kappa shape index (κ2) is 6.84. The molecule has 0 aliphatic carbocycles. The van der Waals surface area contributed by atoms with Gasteiger partial charge in [0.15, 0.2) is 0 Å². The molecule has 2 aromatic rings. The van der Waals surface area contributed by atoms with Crippen LogP contribution in [0.1, 0.15) is 29.6 Å². The molecule has 2 aromatic carbocycles. The molecule has 1 heterocycles. The largest absolute Gasteiger partial charge is 0.394 e. The van der Waals surface area contributed by atoms with Crippen molar-refractivity contribution in [2.24, 2.45) is 0 Å². The van der Waals surface area contributed by atoms with E-state index in [1.54, 1.807) is 0 Å². The zero-order chi connectivity index (χ0) is 14.7. The molecular weight excluding hydrogens is 302 g/mol. The lowest BCUT2D eigenvalue weighted by molar-refractivity contribution is 0.231. The van der Waals surface area contributed by atoms with Gasteiger partial charge in [-0.25, -0.2) is 0 Å². The van der Waals surface area contributed by atoms with Crippen molar-refractivity contribution in [3.63, 3.8) is 0 Å². The van der Waals surface area contributed by atoms with Gasteiger partial charge in [-0.15, -0.1) is 11.8 Å². The first kappa shape index (κ1) is 14.9. The predicted molar refractivity (Wildman–Crippen MR) is 88.9 cm³/mol. The molecule has 0 radical (unpaired) electrons. The third kappa shape index (κ3) is 3.43. The number of nitrogens with one attached hydrogen (secondary N) is 1. The quantitative estimate of drug-likeness (QED) is 0.886. The fourth-order valence-corrected chi connectivity index (χ4v) is 4.01. The Hall–Kier alpha value is -1.00. The third-order valence-electron chi connectivity index (χ3n) is 3.80. The van der Waals surface area contributed by atoms with Gasteiger partial charge in [0.2, 0.25) is 0 Å². The van der Waals surface area contributed by atoms with E-state index in [4.69, 9.17) is 11.6 Å². The molecule has 4 heteroatoms. The molecule has 0 saturated carbocycles. The van der Waals surface area contributed by atoms with E-state index in [2.05, 4.69) is 11.4 Å². The maximum atomic E-state index is 9.72. The molecule has 2 N–H and O–H groups in total. The SMILES string of the molecule is OC[C@@H](NC1CCSc2ccc(Cl)cc21)c1ccccc1. The zero-order valence-electron chi connectivity index (χ0n) is 11.6. The van der Waals surface area contributed by atoms with Crippen molar-refractivity contribution in [2.75, 3.05) is 12.4 Å². The molecular formula is C17H18ClNOS. The molecule has 0 aromatic heterocycles. The topological polar surface area (TPSA) is 32.3 Å². The molecule has 2 atom stereocenters. The van der Waals surface area contributed by atoms with Crippen molar-refractivity contribution in [2.45, 2.75) is 23.4 Å². The van der Waals surface area contributed by atoms with Crippen LogP contribution in [0.3, 0.4) is 0 Å². The Kier molecular flexibility index (Phi) is 4.86. The number of halogens is 1. The Labute approximate surface area is 134 Å². The number of hydrogen-bond donors (Lipinski definition) is 2. The summed E-state index contributed by atoms with van der Waals surface area (Å²) >= 11 is 8.01. The molecule has 0 spiro atoms. The van der Waals surface area contributed by atoms with Gasteiger partial charge in [0, 0.05) is 16.0 Å². The Balaban J connectivity index is 1.84. The Morgan fingerprint density at radius 1 is 1.24 bits per heavy atom. The van der Waals surface area contributed by atoms with E-state index in [1.807, 2.05) is 54.2 Å². The van der Waals surface area contributed by atoms with Crippen LogP contribution in [0.25, 0.3) is 0 Å². The molecule has 0 amide bonds. The smallest absolute Gasteiger partial charge is 0.0626 e. The minimum Gasteiger partial charge on any atom is -0.394 e. The van der Waals surface area contributed by atoms with Gasteiger partial charge in [-0.3, -0.25) is 0 Å². The third-order valence-corrected chi connectivity index (χ3v) is 5.16. The normalized spacial score (nSPS) is 19.0. The number of aliphatic hydroxyl groups excluding tert-OH is 1. The lowest BCUT2D eigenvalue weighted by Gasteiger charge is -2.30. The summed E-state index contributed by atoms with van der Waals surface area (Å²) in [5.74, 6) is 1.08. The van der Waals surface area contributed by atoms with E-state index in [9.17, 15) is 5.11 Å². The van der Waals surface area contributed by atoms with Gasteiger partial charge in [-0.2, -0.15) is 0 Å². The van der Waals surface area contributed by atoms with E-state index in [-0.39, 0.29) is 18.7 Å². The molecule has 1 aliphatic heterocycles.